The zero-order chi connectivity index (χ0) is 24.9. The van der Waals surface area contributed by atoms with Crippen LogP contribution in [0.3, 0.4) is 0 Å². The van der Waals surface area contributed by atoms with Crippen molar-refractivity contribution in [2.45, 2.75) is 33.1 Å². The fourth-order valence-electron chi connectivity index (χ4n) is 5.23. The maximum absolute atomic E-state index is 14.2. The third-order valence-electron chi connectivity index (χ3n) is 7.07. The third-order valence-corrected chi connectivity index (χ3v) is 7.07. The minimum atomic E-state index is -0.870. The Kier molecular flexibility index (Phi) is 8.01. The molecule has 4 nitrogen and oxygen atoms in total. The van der Waals surface area contributed by atoms with Crippen LogP contribution in [0.25, 0.3) is 22.2 Å². The molecule has 2 N–H and O–H groups in total. The van der Waals surface area contributed by atoms with Crippen molar-refractivity contribution < 1.29 is 8.78 Å². The molecule has 0 amide bonds. The molecule has 35 heavy (non-hydrogen) atoms. The highest BCUT2D eigenvalue weighted by Crippen LogP contribution is 2.39. The van der Waals surface area contributed by atoms with Crippen LogP contribution >= 0.6 is 0 Å². The van der Waals surface area contributed by atoms with E-state index in [1.165, 1.54) is 17.7 Å². The third kappa shape index (κ3) is 5.32. The molecule has 3 heterocycles. The first-order chi connectivity index (χ1) is 17.0. The Morgan fingerprint density at radius 1 is 1.09 bits per heavy atom. The Bertz CT molecular complexity index is 1180. The minimum Gasteiger partial charge on any atom is -0.389 e. The molecule has 2 aliphatic rings. The average molecular weight is 479 g/mol. The summed E-state index contributed by atoms with van der Waals surface area (Å²) in [6.45, 7) is 11.8. The number of nitrogens with one attached hydrogen (secondary N) is 2. The van der Waals surface area contributed by atoms with Crippen LogP contribution in [0.1, 0.15) is 32.3 Å². The summed E-state index contributed by atoms with van der Waals surface area (Å²) in [5.41, 5.74) is 5.50. The molecular weight excluding hydrogens is 442 g/mol. The van der Waals surface area contributed by atoms with Crippen LogP contribution in [-0.2, 0) is 6.42 Å². The molecule has 0 aliphatic carbocycles. The van der Waals surface area contributed by atoms with Crippen molar-refractivity contribution in [3.8, 4) is 11.3 Å². The normalized spacial score (nSPS) is 19.2. The van der Waals surface area contributed by atoms with Crippen LogP contribution in [0, 0.1) is 23.5 Å². The first-order valence-corrected chi connectivity index (χ1v) is 12.7. The molecule has 2 aromatic carbocycles. The molecule has 2 unspecified atom stereocenters. The predicted molar refractivity (Wildman–Crippen MR) is 142 cm³/mol. The first-order valence-electron chi connectivity index (χ1n) is 12.7. The van der Waals surface area contributed by atoms with Crippen LogP contribution in [-0.4, -0.2) is 38.2 Å². The number of hydrogen-bond acceptors (Lipinski definition) is 4. The predicted octanol–water partition coefficient (Wildman–Crippen LogP) is 5.92. The van der Waals surface area contributed by atoms with Gasteiger partial charge in [-0.25, -0.2) is 13.8 Å². The number of aromatic nitrogens is 1. The summed E-state index contributed by atoms with van der Waals surface area (Å²) in [5.74, 6) is -0.822. The van der Waals surface area contributed by atoms with Gasteiger partial charge in [0.2, 0.25) is 0 Å². The van der Waals surface area contributed by atoms with E-state index in [1.807, 2.05) is 27.0 Å². The van der Waals surface area contributed by atoms with Crippen LogP contribution in [0.2, 0.25) is 0 Å². The number of pyridine rings is 1. The molecule has 5 rings (SSSR count). The molecule has 0 radical (unpaired) electrons. The molecule has 2 aliphatic heterocycles. The molecule has 0 bridgehead atoms. The molecule has 2 atom stereocenters. The topological polar surface area (TPSA) is 40.2 Å². The summed E-state index contributed by atoms with van der Waals surface area (Å²) in [6, 6.07) is 12.9. The van der Waals surface area contributed by atoms with Gasteiger partial charge in [0.25, 0.3) is 0 Å². The molecule has 0 spiro atoms. The second kappa shape index (κ2) is 11.2. The van der Waals surface area contributed by atoms with Crippen LogP contribution in [0.5, 0.6) is 0 Å². The Balaban J connectivity index is 0.00000141. The molecule has 2 fully saturated rings. The summed E-state index contributed by atoms with van der Waals surface area (Å²) in [6.07, 6.45) is 3.18. The number of anilines is 1. The summed E-state index contributed by atoms with van der Waals surface area (Å²) in [5, 5.41) is 7.22. The molecular formula is C29H36F2N4. The highest BCUT2D eigenvalue weighted by Gasteiger charge is 2.37. The van der Waals surface area contributed by atoms with Crippen molar-refractivity contribution in [1.82, 2.24) is 15.6 Å². The SMILES string of the molecule is C=C1NCCC2CN(c3cc(-c4ccc(CCCNC)cc4)nc4cc(F)c(F)cc34)CC12.CC. The number of halogens is 2. The van der Waals surface area contributed by atoms with Gasteiger partial charge in [-0.2, -0.15) is 0 Å². The van der Waals surface area contributed by atoms with Gasteiger partial charge in [-0.15, -0.1) is 0 Å². The highest BCUT2D eigenvalue weighted by molar-refractivity contribution is 5.94. The van der Waals surface area contributed by atoms with E-state index >= 15 is 0 Å². The van der Waals surface area contributed by atoms with E-state index in [1.54, 1.807) is 0 Å². The van der Waals surface area contributed by atoms with E-state index in [2.05, 4.69) is 46.4 Å². The van der Waals surface area contributed by atoms with Crippen LogP contribution in [0.15, 0.2) is 54.7 Å². The smallest absolute Gasteiger partial charge is 0.161 e. The maximum atomic E-state index is 14.2. The largest absolute Gasteiger partial charge is 0.389 e. The lowest BCUT2D eigenvalue weighted by Crippen LogP contribution is -2.33. The Hall–Kier alpha value is -2.99. The van der Waals surface area contributed by atoms with E-state index < -0.39 is 11.6 Å². The lowest BCUT2D eigenvalue weighted by molar-refractivity contribution is 0.372. The Labute approximate surface area is 207 Å². The summed E-state index contributed by atoms with van der Waals surface area (Å²) < 4.78 is 28.4. The number of nitrogens with zero attached hydrogens (tertiary/aromatic N) is 2. The van der Waals surface area contributed by atoms with Gasteiger partial charge in [0.05, 0.1) is 11.2 Å². The zero-order valence-electron chi connectivity index (χ0n) is 21.0. The molecule has 2 saturated heterocycles. The van der Waals surface area contributed by atoms with Crippen LogP contribution < -0.4 is 15.5 Å². The van der Waals surface area contributed by atoms with E-state index in [9.17, 15) is 8.78 Å². The second-order valence-corrected chi connectivity index (χ2v) is 9.23. The summed E-state index contributed by atoms with van der Waals surface area (Å²) in [7, 11) is 1.96. The summed E-state index contributed by atoms with van der Waals surface area (Å²) >= 11 is 0. The van der Waals surface area contributed by atoms with Gasteiger partial charge in [0.15, 0.2) is 11.6 Å². The van der Waals surface area contributed by atoms with E-state index in [0.717, 1.165) is 68.1 Å². The van der Waals surface area contributed by atoms with Gasteiger partial charge in [-0.3, -0.25) is 0 Å². The van der Waals surface area contributed by atoms with E-state index in [-0.39, 0.29) is 0 Å². The fourth-order valence-corrected chi connectivity index (χ4v) is 5.23. The first kappa shape index (κ1) is 25.1. The van der Waals surface area contributed by atoms with Gasteiger partial charge in [-0.1, -0.05) is 44.7 Å². The van der Waals surface area contributed by atoms with Gasteiger partial charge in [0, 0.05) is 54.0 Å². The van der Waals surface area contributed by atoms with Gasteiger partial charge in [0.1, 0.15) is 0 Å². The van der Waals surface area contributed by atoms with Crippen molar-refractivity contribution >= 4 is 16.6 Å². The molecule has 3 aromatic rings. The van der Waals surface area contributed by atoms with Crippen molar-refractivity contribution in [3.05, 3.63) is 71.9 Å². The minimum absolute atomic E-state index is 0.368. The Morgan fingerprint density at radius 2 is 1.83 bits per heavy atom. The van der Waals surface area contributed by atoms with E-state index in [0.29, 0.717) is 22.7 Å². The number of fused-ring (bicyclic) bond motifs is 2. The van der Waals surface area contributed by atoms with E-state index in [4.69, 9.17) is 4.98 Å². The fraction of sp³-hybridized carbons (Fsp3) is 0.414. The standard InChI is InChI=1S/C27H30F2N4.C2H6/c1-17-22-16-33(15-20(22)9-11-31-17)27-14-25(32-26-13-24(29)23(28)12-21(26)27)19-7-5-18(6-8-19)4-3-10-30-2;1-2/h5-8,12-14,20,22,30-31H,1,3-4,9-11,15-16H2,2H3;1-2H3. The average Bonchev–Trinajstić information content (AvgIpc) is 3.32. The summed E-state index contributed by atoms with van der Waals surface area (Å²) in [4.78, 5) is 7.01. The van der Waals surface area contributed by atoms with Crippen LogP contribution in [0.4, 0.5) is 14.5 Å². The number of benzene rings is 2. The van der Waals surface area contributed by atoms with Gasteiger partial charge in [-0.05, 0) is 56.5 Å². The van der Waals surface area contributed by atoms with Crippen molar-refractivity contribution in [3.63, 3.8) is 0 Å². The lowest BCUT2D eigenvalue weighted by atomic mass is 9.87. The highest BCUT2D eigenvalue weighted by atomic mass is 19.2. The number of rotatable bonds is 6. The number of aryl methyl sites for hydroxylation is 1. The second-order valence-electron chi connectivity index (χ2n) is 9.23. The molecule has 6 heteroatoms. The number of hydrogen-bond donors (Lipinski definition) is 2. The monoisotopic (exact) mass is 478 g/mol. The van der Waals surface area contributed by atoms with Gasteiger partial charge >= 0.3 is 0 Å². The van der Waals surface area contributed by atoms with Crippen molar-refractivity contribution in [2.24, 2.45) is 11.8 Å². The zero-order valence-corrected chi connectivity index (χ0v) is 21.0. The molecule has 186 valence electrons. The molecule has 1 aromatic heterocycles. The van der Waals surface area contributed by atoms with Crippen molar-refractivity contribution in [1.29, 1.82) is 0 Å². The lowest BCUT2D eigenvalue weighted by Gasteiger charge is -2.27. The number of piperidine rings is 1. The van der Waals surface area contributed by atoms with Gasteiger partial charge < -0.3 is 15.5 Å². The van der Waals surface area contributed by atoms with Crippen molar-refractivity contribution in [2.75, 3.05) is 38.1 Å². The maximum Gasteiger partial charge on any atom is 0.161 e. The molecule has 0 saturated carbocycles. The Morgan fingerprint density at radius 3 is 2.54 bits per heavy atom. The quantitative estimate of drug-likeness (QED) is 0.432.